The molecule has 20 heavy (non-hydrogen) atoms. The first-order chi connectivity index (χ1) is 9.52. The van der Waals surface area contributed by atoms with Crippen molar-refractivity contribution in [1.29, 1.82) is 0 Å². The van der Waals surface area contributed by atoms with E-state index in [-0.39, 0.29) is 23.9 Å². The molecule has 2 amide bonds. The molecular weight excluding hydrogens is 272 g/mol. The van der Waals surface area contributed by atoms with Crippen LogP contribution < -0.4 is 5.32 Å². The van der Waals surface area contributed by atoms with E-state index in [9.17, 15) is 9.59 Å². The summed E-state index contributed by atoms with van der Waals surface area (Å²) in [7, 11) is 0. The normalized spacial score (nSPS) is 23.3. The molecular formula is C15H22N2O2S. The highest BCUT2D eigenvalue weighted by Gasteiger charge is 2.39. The topological polar surface area (TPSA) is 49.4 Å². The molecule has 1 aromatic rings. The summed E-state index contributed by atoms with van der Waals surface area (Å²) in [4.78, 5) is 27.7. The van der Waals surface area contributed by atoms with Gasteiger partial charge in [-0.2, -0.15) is 0 Å². The molecule has 0 aliphatic carbocycles. The standard InChI is InChI=1S/C15H22N2O2S/c1-4-12-15(19)17(9-11-6-5-7-20-11)13(8-10(2)3)14(18)16-12/h5-7,10,12-13H,4,8-9H2,1-3H3,(H,16,18). The molecule has 4 nitrogen and oxygen atoms in total. The Morgan fingerprint density at radius 1 is 1.40 bits per heavy atom. The van der Waals surface area contributed by atoms with Gasteiger partial charge in [-0.3, -0.25) is 9.59 Å². The van der Waals surface area contributed by atoms with Gasteiger partial charge in [0.2, 0.25) is 11.8 Å². The molecule has 1 aliphatic rings. The van der Waals surface area contributed by atoms with Crippen molar-refractivity contribution in [3.8, 4) is 0 Å². The van der Waals surface area contributed by atoms with E-state index in [4.69, 9.17) is 0 Å². The van der Waals surface area contributed by atoms with E-state index in [1.807, 2.05) is 24.4 Å². The quantitative estimate of drug-likeness (QED) is 0.906. The van der Waals surface area contributed by atoms with Crippen LogP contribution in [0.15, 0.2) is 17.5 Å². The maximum absolute atomic E-state index is 12.5. The largest absolute Gasteiger partial charge is 0.343 e. The number of hydrogen-bond donors (Lipinski definition) is 1. The van der Waals surface area contributed by atoms with Crippen molar-refractivity contribution in [2.75, 3.05) is 0 Å². The average molecular weight is 294 g/mol. The first-order valence-corrected chi connectivity index (χ1v) is 8.04. The fourth-order valence-electron chi connectivity index (χ4n) is 2.54. The zero-order chi connectivity index (χ0) is 14.7. The summed E-state index contributed by atoms with van der Waals surface area (Å²) >= 11 is 1.62. The van der Waals surface area contributed by atoms with Gasteiger partial charge < -0.3 is 10.2 Å². The summed E-state index contributed by atoms with van der Waals surface area (Å²) in [6.07, 6.45) is 1.35. The Morgan fingerprint density at radius 3 is 2.70 bits per heavy atom. The van der Waals surface area contributed by atoms with Crippen molar-refractivity contribution in [3.05, 3.63) is 22.4 Å². The molecule has 1 aromatic heterocycles. The van der Waals surface area contributed by atoms with Crippen LogP contribution in [0, 0.1) is 5.92 Å². The van der Waals surface area contributed by atoms with E-state index in [1.54, 1.807) is 16.2 Å². The van der Waals surface area contributed by atoms with E-state index in [1.165, 1.54) is 0 Å². The fourth-order valence-corrected chi connectivity index (χ4v) is 3.24. The summed E-state index contributed by atoms with van der Waals surface area (Å²) in [5.74, 6) is 0.412. The zero-order valence-corrected chi connectivity index (χ0v) is 13.1. The lowest BCUT2D eigenvalue weighted by Gasteiger charge is -2.39. The molecule has 2 atom stereocenters. The van der Waals surface area contributed by atoms with E-state index in [0.717, 1.165) is 4.88 Å². The Bertz CT molecular complexity index is 470. The van der Waals surface area contributed by atoms with E-state index < -0.39 is 0 Å². The van der Waals surface area contributed by atoms with Crippen molar-refractivity contribution in [2.45, 2.75) is 52.2 Å². The number of hydrogen-bond acceptors (Lipinski definition) is 3. The second kappa shape index (κ2) is 6.39. The van der Waals surface area contributed by atoms with Crippen LogP contribution in [0.2, 0.25) is 0 Å². The molecule has 0 saturated carbocycles. The third kappa shape index (κ3) is 3.20. The molecule has 5 heteroatoms. The Balaban J connectivity index is 2.22. The maximum Gasteiger partial charge on any atom is 0.246 e. The molecule has 1 saturated heterocycles. The lowest BCUT2D eigenvalue weighted by atomic mass is 9.97. The van der Waals surface area contributed by atoms with E-state index in [2.05, 4.69) is 19.2 Å². The second-order valence-corrected chi connectivity index (χ2v) is 6.69. The van der Waals surface area contributed by atoms with Gasteiger partial charge >= 0.3 is 0 Å². The maximum atomic E-state index is 12.5. The van der Waals surface area contributed by atoms with E-state index >= 15 is 0 Å². The first-order valence-electron chi connectivity index (χ1n) is 7.16. The lowest BCUT2D eigenvalue weighted by molar-refractivity contribution is -0.150. The number of nitrogens with zero attached hydrogens (tertiary/aromatic N) is 1. The van der Waals surface area contributed by atoms with Crippen LogP contribution in [0.1, 0.15) is 38.5 Å². The second-order valence-electron chi connectivity index (χ2n) is 5.66. The van der Waals surface area contributed by atoms with Crippen LogP contribution in [0.25, 0.3) is 0 Å². The molecule has 1 aliphatic heterocycles. The fraction of sp³-hybridized carbons (Fsp3) is 0.600. The summed E-state index contributed by atoms with van der Waals surface area (Å²) in [5.41, 5.74) is 0. The van der Waals surface area contributed by atoms with Crippen LogP contribution in [-0.4, -0.2) is 28.8 Å². The molecule has 2 heterocycles. The van der Waals surface area contributed by atoms with Gasteiger partial charge in [0.15, 0.2) is 0 Å². The van der Waals surface area contributed by atoms with E-state index in [0.29, 0.717) is 25.3 Å². The third-order valence-corrected chi connectivity index (χ3v) is 4.45. The molecule has 2 unspecified atom stereocenters. The molecule has 0 bridgehead atoms. The number of thiophene rings is 1. The van der Waals surface area contributed by atoms with Gasteiger partial charge in [-0.25, -0.2) is 0 Å². The Labute approximate surface area is 124 Å². The molecule has 2 rings (SSSR count). The van der Waals surface area contributed by atoms with Gasteiger partial charge in [0.25, 0.3) is 0 Å². The molecule has 1 N–H and O–H groups in total. The Kier molecular flexibility index (Phi) is 4.81. The van der Waals surface area contributed by atoms with Gasteiger partial charge in [0.1, 0.15) is 12.1 Å². The van der Waals surface area contributed by atoms with Crippen molar-refractivity contribution >= 4 is 23.2 Å². The highest BCUT2D eigenvalue weighted by molar-refractivity contribution is 7.09. The SMILES string of the molecule is CCC1NC(=O)C(CC(C)C)N(Cc2cccs2)C1=O. The highest BCUT2D eigenvalue weighted by Crippen LogP contribution is 2.22. The smallest absolute Gasteiger partial charge is 0.246 e. The number of amides is 2. The van der Waals surface area contributed by atoms with Gasteiger partial charge in [-0.05, 0) is 30.2 Å². The first kappa shape index (κ1) is 15.0. The third-order valence-electron chi connectivity index (χ3n) is 3.59. The van der Waals surface area contributed by atoms with Gasteiger partial charge in [0, 0.05) is 4.88 Å². The van der Waals surface area contributed by atoms with Gasteiger partial charge in [-0.15, -0.1) is 11.3 Å². The summed E-state index contributed by atoms with van der Waals surface area (Å²) in [6.45, 7) is 6.62. The average Bonchev–Trinajstić information content (AvgIpc) is 2.90. The van der Waals surface area contributed by atoms with Crippen LogP contribution in [0.4, 0.5) is 0 Å². The van der Waals surface area contributed by atoms with Crippen molar-refractivity contribution in [3.63, 3.8) is 0 Å². The van der Waals surface area contributed by atoms with Gasteiger partial charge in [0.05, 0.1) is 6.54 Å². The van der Waals surface area contributed by atoms with Crippen molar-refractivity contribution < 1.29 is 9.59 Å². The summed E-state index contributed by atoms with van der Waals surface area (Å²) in [5, 5.41) is 4.85. The molecule has 0 aromatic carbocycles. The number of rotatable bonds is 5. The predicted molar refractivity (Wildman–Crippen MR) is 80.3 cm³/mol. The monoisotopic (exact) mass is 294 g/mol. The minimum atomic E-state index is -0.370. The van der Waals surface area contributed by atoms with Crippen molar-refractivity contribution in [2.24, 2.45) is 5.92 Å². The van der Waals surface area contributed by atoms with Crippen molar-refractivity contribution in [1.82, 2.24) is 10.2 Å². The number of carbonyl (C=O) groups is 2. The minimum Gasteiger partial charge on any atom is -0.343 e. The van der Waals surface area contributed by atoms with Crippen LogP contribution in [-0.2, 0) is 16.1 Å². The Morgan fingerprint density at radius 2 is 2.15 bits per heavy atom. The zero-order valence-electron chi connectivity index (χ0n) is 12.3. The van der Waals surface area contributed by atoms with Gasteiger partial charge in [-0.1, -0.05) is 26.8 Å². The number of piperazine rings is 1. The molecule has 110 valence electrons. The van der Waals surface area contributed by atoms with Crippen LogP contribution in [0.3, 0.4) is 0 Å². The number of carbonyl (C=O) groups excluding carboxylic acids is 2. The summed E-state index contributed by atoms with van der Waals surface area (Å²) < 4.78 is 0. The Hall–Kier alpha value is -1.36. The number of nitrogens with one attached hydrogen (secondary N) is 1. The summed E-state index contributed by atoms with van der Waals surface area (Å²) in [6, 6.07) is 3.28. The molecule has 1 fully saturated rings. The molecule has 0 spiro atoms. The van der Waals surface area contributed by atoms with Crippen LogP contribution >= 0.6 is 11.3 Å². The highest BCUT2D eigenvalue weighted by atomic mass is 32.1. The lowest BCUT2D eigenvalue weighted by Crippen LogP contribution is -2.62. The molecule has 0 radical (unpaired) electrons. The minimum absolute atomic E-state index is 0.0123. The van der Waals surface area contributed by atoms with Crippen LogP contribution in [0.5, 0.6) is 0 Å². The predicted octanol–water partition coefficient (Wildman–Crippen LogP) is 2.40.